The number of methoxy groups -OCH3 is 1. The highest BCUT2D eigenvalue weighted by molar-refractivity contribution is 5.96. The van der Waals surface area contributed by atoms with Crippen LogP contribution in [0.25, 0.3) is 0 Å². The Morgan fingerprint density at radius 1 is 1.13 bits per heavy atom. The van der Waals surface area contributed by atoms with E-state index in [9.17, 15) is 19.7 Å². The second kappa shape index (κ2) is 9.73. The lowest BCUT2D eigenvalue weighted by Crippen LogP contribution is -2.30. The molecule has 9 nitrogen and oxygen atoms in total. The summed E-state index contributed by atoms with van der Waals surface area (Å²) in [5.41, 5.74) is 0.868. The molecule has 1 fully saturated rings. The Morgan fingerprint density at radius 2 is 1.90 bits per heavy atom. The SMILES string of the molecule is COc1cccc(NC(=O)COC(=O)c2ccc(N3CCCCC3)c([N+](=O)[O-])c2)c1. The Labute approximate surface area is 173 Å². The van der Waals surface area contributed by atoms with E-state index in [4.69, 9.17) is 9.47 Å². The van der Waals surface area contributed by atoms with Crippen LogP contribution in [0.2, 0.25) is 0 Å². The van der Waals surface area contributed by atoms with Crippen LogP contribution in [0.1, 0.15) is 29.6 Å². The molecule has 0 saturated carbocycles. The van der Waals surface area contributed by atoms with Gasteiger partial charge in [-0.25, -0.2) is 4.79 Å². The number of hydrogen-bond acceptors (Lipinski definition) is 7. The van der Waals surface area contributed by atoms with E-state index in [0.717, 1.165) is 32.4 Å². The van der Waals surface area contributed by atoms with E-state index in [-0.39, 0.29) is 11.3 Å². The van der Waals surface area contributed by atoms with Crippen molar-refractivity contribution in [2.24, 2.45) is 0 Å². The number of benzene rings is 2. The molecule has 3 rings (SSSR count). The highest BCUT2D eigenvalue weighted by atomic mass is 16.6. The number of nitrogens with zero attached hydrogens (tertiary/aromatic N) is 2. The minimum atomic E-state index is -0.802. The van der Waals surface area contributed by atoms with Gasteiger partial charge >= 0.3 is 5.97 Å². The third-order valence-electron chi connectivity index (χ3n) is 4.79. The number of piperidine rings is 1. The van der Waals surface area contributed by atoms with Gasteiger partial charge in [-0.15, -0.1) is 0 Å². The Bertz CT molecular complexity index is 940. The molecule has 0 atom stereocenters. The van der Waals surface area contributed by atoms with Crippen LogP contribution in [0.4, 0.5) is 17.1 Å². The van der Waals surface area contributed by atoms with E-state index in [1.807, 2.05) is 4.90 Å². The minimum absolute atomic E-state index is 0.0247. The Balaban J connectivity index is 1.63. The van der Waals surface area contributed by atoms with Crippen LogP contribution >= 0.6 is 0 Å². The van der Waals surface area contributed by atoms with Crippen molar-refractivity contribution in [3.8, 4) is 5.75 Å². The van der Waals surface area contributed by atoms with E-state index >= 15 is 0 Å². The summed E-state index contributed by atoms with van der Waals surface area (Å²) in [5, 5.41) is 14.1. The average Bonchev–Trinajstić information content (AvgIpc) is 2.77. The molecule has 0 unspecified atom stereocenters. The van der Waals surface area contributed by atoms with Gasteiger partial charge in [-0.3, -0.25) is 14.9 Å². The smallest absolute Gasteiger partial charge is 0.338 e. The lowest BCUT2D eigenvalue weighted by molar-refractivity contribution is -0.384. The predicted molar refractivity (Wildman–Crippen MR) is 111 cm³/mol. The van der Waals surface area contributed by atoms with Gasteiger partial charge in [-0.05, 0) is 43.5 Å². The van der Waals surface area contributed by atoms with Gasteiger partial charge in [0.2, 0.25) is 0 Å². The molecule has 1 aliphatic rings. The van der Waals surface area contributed by atoms with Crippen LogP contribution in [0, 0.1) is 10.1 Å². The standard InChI is InChI=1S/C21H23N3O6/c1-29-17-7-5-6-16(13-17)22-20(25)14-30-21(26)15-8-9-18(19(12-15)24(27)28)23-10-3-2-4-11-23/h5-9,12-13H,2-4,10-11,14H2,1H3,(H,22,25). The quantitative estimate of drug-likeness (QED) is 0.421. The van der Waals surface area contributed by atoms with Crippen molar-refractivity contribution in [2.75, 3.05) is 37.0 Å². The van der Waals surface area contributed by atoms with Crippen LogP contribution in [0.15, 0.2) is 42.5 Å². The zero-order valence-corrected chi connectivity index (χ0v) is 16.6. The van der Waals surface area contributed by atoms with Crippen molar-refractivity contribution >= 4 is 28.9 Å². The van der Waals surface area contributed by atoms with Gasteiger partial charge in [0.25, 0.3) is 11.6 Å². The molecule has 1 N–H and O–H groups in total. The van der Waals surface area contributed by atoms with Crippen molar-refractivity contribution < 1.29 is 24.0 Å². The van der Waals surface area contributed by atoms with Crippen LogP contribution in [0.3, 0.4) is 0 Å². The minimum Gasteiger partial charge on any atom is -0.497 e. The third kappa shape index (κ3) is 5.25. The molecule has 0 aliphatic carbocycles. The molecule has 0 bridgehead atoms. The van der Waals surface area contributed by atoms with E-state index < -0.39 is 23.4 Å². The third-order valence-corrected chi connectivity index (χ3v) is 4.79. The Kier molecular flexibility index (Phi) is 6.84. The highest BCUT2D eigenvalue weighted by Gasteiger charge is 2.23. The summed E-state index contributed by atoms with van der Waals surface area (Å²) in [6, 6.07) is 11.0. The summed E-state index contributed by atoms with van der Waals surface area (Å²) in [4.78, 5) is 37.3. The van der Waals surface area contributed by atoms with Gasteiger partial charge in [0, 0.05) is 30.9 Å². The average molecular weight is 413 g/mol. The molecular weight excluding hydrogens is 390 g/mol. The number of nitro benzene ring substituents is 1. The summed E-state index contributed by atoms with van der Waals surface area (Å²) in [5.74, 6) is -0.758. The number of amides is 1. The van der Waals surface area contributed by atoms with Crippen LogP contribution < -0.4 is 15.0 Å². The van der Waals surface area contributed by atoms with Crippen LogP contribution in [-0.4, -0.2) is 43.6 Å². The topological polar surface area (TPSA) is 111 Å². The van der Waals surface area contributed by atoms with Crippen molar-refractivity contribution in [3.63, 3.8) is 0 Å². The number of nitrogens with one attached hydrogen (secondary N) is 1. The Morgan fingerprint density at radius 3 is 2.60 bits per heavy atom. The van der Waals surface area contributed by atoms with E-state index in [1.54, 1.807) is 30.3 Å². The van der Waals surface area contributed by atoms with Gasteiger partial charge < -0.3 is 19.7 Å². The van der Waals surface area contributed by atoms with Crippen molar-refractivity contribution in [1.29, 1.82) is 0 Å². The molecule has 158 valence electrons. The van der Waals surface area contributed by atoms with Crippen LogP contribution in [-0.2, 0) is 9.53 Å². The predicted octanol–water partition coefficient (Wildman–Crippen LogP) is 3.39. The molecule has 1 amide bonds. The zero-order valence-electron chi connectivity index (χ0n) is 16.6. The van der Waals surface area contributed by atoms with Gasteiger partial charge in [0.05, 0.1) is 17.6 Å². The number of carbonyl (C=O) groups is 2. The fourth-order valence-corrected chi connectivity index (χ4v) is 3.31. The molecule has 1 saturated heterocycles. The molecule has 9 heteroatoms. The first-order valence-corrected chi connectivity index (χ1v) is 9.62. The van der Waals surface area contributed by atoms with Crippen molar-refractivity contribution in [3.05, 3.63) is 58.1 Å². The number of carbonyl (C=O) groups excluding carboxylic acids is 2. The first kappa shape index (κ1) is 21.1. The van der Waals surface area contributed by atoms with E-state index in [1.165, 1.54) is 19.2 Å². The summed E-state index contributed by atoms with van der Waals surface area (Å²) in [6.07, 6.45) is 3.05. The number of hydrogen-bond donors (Lipinski definition) is 1. The molecule has 1 heterocycles. The number of rotatable bonds is 7. The molecule has 2 aromatic carbocycles. The maximum Gasteiger partial charge on any atom is 0.338 e. The van der Waals surface area contributed by atoms with E-state index in [0.29, 0.717) is 17.1 Å². The van der Waals surface area contributed by atoms with Gasteiger partial charge in [0.15, 0.2) is 6.61 Å². The zero-order chi connectivity index (χ0) is 21.5. The van der Waals surface area contributed by atoms with Gasteiger partial charge in [-0.2, -0.15) is 0 Å². The summed E-state index contributed by atoms with van der Waals surface area (Å²) < 4.78 is 10.1. The summed E-state index contributed by atoms with van der Waals surface area (Å²) in [7, 11) is 1.51. The number of anilines is 2. The molecular formula is C21H23N3O6. The number of nitro groups is 1. The molecule has 0 radical (unpaired) electrons. The molecule has 0 aromatic heterocycles. The van der Waals surface area contributed by atoms with E-state index in [2.05, 4.69) is 5.32 Å². The van der Waals surface area contributed by atoms with Crippen molar-refractivity contribution in [2.45, 2.75) is 19.3 Å². The second-order valence-electron chi connectivity index (χ2n) is 6.86. The van der Waals surface area contributed by atoms with Gasteiger partial charge in [-0.1, -0.05) is 6.07 Å². The molecule has 1 aliphatic heterocycles. The molecule has 0 spiro atoms. The monoisotopic (exact) mass is 413 g/mol. The number of esters is 1. The maximum absolute atomic E-state index is 12.3. The largest absolute Gasteiger partial charge is 0.497 e. The fourth-order valence-electron chi connectivity index (χ4n) is 3.31. The maximum atomic E-state index is 12.3. The Hall–Kier alpha value is -3.62. The highest BCUT2D eigenvalue weighted by Crippen LogP contribution is 2.31. The molecule has 30 heavy (non-hydrogen) atoms. The lowest BCUT2D eigenvalue weighted by atomic mass is 10.1. The molecule has 2 aromatic rings. The number of ether oxygens (including phenoxy) is 2. The normalized spacial score (nSPS) is 13.4. The fraction of sp³-hybridized carbons (Fsp3) is 0.333. The summed E-state index contributed by atoms with van der Waals surface area (Å²) in [6.45, 7) is 0.974. The van der Waals surface area contributed by atoms with Crippen molar-refractivity contribution in [1.82, 2.24) is 0 Å². The second-order valence-corrected chi connectivity index (χ2v) is 6.86. The first-order chi connectivity index (χ1) is 14.5. The lowest BCUT2D eigenvalue weighted by Gasteiger charge is -2.28. The first-order valence-electron chi connectivity index (χ1n) is 9.62. The van der Waals surface area contributed by atoms with Crippen LogP contribution in [0.5, 0.6) is 5.75 Å². The summed E-state index contributed by atoms with van der Waals surface area (Å²) >= 11 is 0. The van der Waals surface area contributed by atoms with Gasteiger partial charge in [0.1, 0.15) is 11.4 Å².